The lowest BCUT2D eigenvalue weighted by atomic mass is 10.0. The first kappa shape index (κ1) is 21.5. The molecule has 0 radical (unpaired) electrons. The topological polar surface area (TPSA) is 0 Å². The second-order valence-corrected chi connectivity index (χ2v) is 8.24. The van der Waals surface area contributed by atoms with Gasteiger partial charge >= 0.3 is 0 Å². The molecule has 0 saturated carbocycles. The molecule has 1 heterocycles. The molecule has 0 nitrogen and oxygen atoms in total. The molecule has 0 saturated heterocycles. The second kappa shape index (κ2) is 17.3. The van der Waals surface area contributed by atoms with Gasteiger partial charge in [0.1, 0.15) is 0 Å². The molecule has 0 amide bonds. The molecule has 138 valence electrons. The molecule has 0 fully saturated rings. The molecule has 0 atom stereocenters. The van der Waals surface area contributed by atoms with Crippen molar-refractivity contribution in [1.82, 2.24) is 0 Å². The van der Waals surface area contributed by atoms with E-state index in [2.05, 4.69) is 24.1 Å². The molecule has 1 aromatic heterocycles. The highest BCUT2D eigenvalue weighted by Crippen LogP contribution is 2.16. The van der Waals surface area contributed by atoms with Crippen LogP contribution in [0.2, 0.25) is 0 Å². The van der Waals surface area contributed by atoms with Gasteiger partial charge in [-0.05, 0) is 37.1 Å². The molecule has 0 aliphatic heterocycles. The van der Waals surface area contributed by atoms with E-state index in [-0.39, 0.29) is 0 Å². The first-order chi connectivity index (χ1) is 11.9. The number of hydrogen-bond donors (Lipinski definition) is 0. The van der Waals surface area contributed by atoms with Crippen molar-refractivity contribution in [2.75, 3.05) is 0 Å². The highest BCUT2D eigenvalue weighted by molar-refractivity contribution is 7.09. The third-order valence-corrected chi connectivity index (χ3v) is 5.85. The zero-order chi connectivity index (χ0) is 17.1. The summed E-state index contributed by atoms with van der Waals surface area (Å²) in [5.41, 5.74) is 0. The van der Waals surface area contributed by atoms with Crippen molar-refractivity contribution in [2.24, 2.45) is 0 Å². The van der Waals surface area contributed by atoms with E-state index in [1.807, 2.05) is 17.4 Å². The monoisotopic (exact) mass is 348 g/mol. The molecule has 0 spiro atoms. The average Bonchev–Trinajstić information content (AvgIpc) is 3.11. The highest BCUT2D eigenvalue weighted by atomic mass is 32.1. The van der Waals surface area contributed by atoms with Gasteiger partial charge in [0.25, 0.3) is 0 Å². The van der Waals surface area contributed by atoms with Gasteiger partial charge in [0.15, 0.2) is 0 Å². The van der Waals surface area contributed by atoms with Crippen LogP contribution in [0.4, 0.5) is 0 Å². The summed E-state index contributed by atoms with van der Waals surface area (Å²) in [7, 11) is 0. The number of aryl methyl sites for hydroxylation is 1. The number of unbranched alkanes of at least 4 members (excludes halogenated alkanes) is 15. The third kappa shape index (κ3) is 13.8. The van der Waals surface area contributed by atoms with Crippen LogP contribution >= 0.6 is 11.3 Å². The Morgan fingerprint density at radius 1 is 0.667 bits per heavy atom. The summed E-state index contributed by atoms with van der Waals surface area (Å²) >= 11 is 1.91. The van der Waals surface area contributed by atoms with Gasteiger partial charge in [-0.25, -0.2) is 0 Å². The molecule has 0 bridgehead atoms. The Labute approximate surface area is 155 Å². The van der Waals surface area contributed by atoms with Crippen LogP contribution < -0.4 is 0 Å². The van der Waals surface area contributed by atoms with E-state index in [4.69, 9.17) is 0 Å². The van der Waals surface area contributed by atoms with E-state index in [0.717, 1.165) is 0 Å². The van der Waals surface area contributed by atoms with E-state index in [9.17, 15) is 0 Å². The van der Waals surface area contributed by atoms with Gasteiger partial charge in [0.2, 0.25) is 0 Å². The van der Waals surface area contributed by atoms with Gasteiger partial charge in [-0.3, -0.25) is 0 Å². The van der Waals surface area contributed by atoms with Gasteiger partial charge in [-0.1, -0.05) is 95.6 Å². The predicted octanol–water partition coefficient (Wildman–Crippen LogP) is 8.72. The Hall–Kier alpha value is -0.560. The lowest BCUT2D eigenvalue weighted by Gasteiger charge is -2.03. The Morgan fingerprint density at radius 3 is 1.54 bits per heavy atom. The first-order valence-corrected chi connectivity index (χ1v) is 11.4. The van der Waals surface area contributed by atoms with Crippen LogP contribution in [0, 0.1) is 0 Å². The molecule has 1 rings (SSSR count). The minimum Gasteiger partial charge on any atom is -0.149 e. The molecule has 0 unspecified atom stereocenters. The van der Waals surface area contributed by atoms with Crippen molar-refractivity contribution < 1.29 is 0 Å². The minimum atomic E-state index is 1.20. The standard InChI is InChI=1S/C23H40S/c1-2-3-4-5-6-7-8-9-10-11-12-13-14-15-16-17-18-20-23-21-19-22-24-23/h2,19,21-22H,1,3-18,20H2. The van der Waals surface area contributed by atoms with Crippen LogP contribution in [0.25, 0.3) is 0 Å². The third-order valence-electron chi connectivity index (χ3n) is 4.91. The maximum atomic E-state index is 3.78. The summed E-state index contributed by atoms with van der Waals surface area (Å²) < 4.78 is 0. The molecule has 0 N–H and O–H groups in total. The lowest BCUT2D eigenvalue weighted by molar-refractivity contribution is 0.531. The largest absolute Gasteiger partial charge is 0.149 e. The highest BCUT2D eigenvalue weighted by Gasteiger charge is 1.96. The van der Waals surface area contributed by atoms with Crippen molar-refractivity contribution in [3.63, 3.8) is 0 Å². The summed E-state index contributed by atoms with van der Waals surface area (Å²) in [5, 5.41) is 2.19. The fourth-order valence-electron chi connectivity index (χ4n) is 3.34. The van der Waals surface area contributed by atoms with Gasteiger partial charge in [-0.2, -0.15) is 0 Å². The summed E-state index contributed by atoms with van der Waals surface area (Å²) in [6.07, 6.45) is 26.1. The number of thiophene rings is 1. The fourth-order valence-corrected chi connectivity index (χ4v) is 4.09. The van der Waals surface area contributed by atoms with E-state index in [1.54, 1.807) is 4.88 Å². The van der Waals surface area contributed by atoms with Crippen molar-refractivity contribution in [1.29, 1.82) is 0 Å². The van der Waals surface area contributed by atoms with Gasteiger partial charge in [0.05, 0.1) is 0 Å². The average molecular weight is 349 g/mol. The minimum absolute atomic E-state index is 1.20. The molecule has 0 aliphatic carbocycles. The molecule has 0 aliphatic rings. The Bertz CT molecular complexity index is 352. The van der Waals surface area contributed by atoms with E-state index in [0.29, 0.717) is 0 Å². The van der Waals surface area contributed by atoms with Gasteiger partial charge in [-0.15, -0.1) is 17.9 Å². The van der Waals surface area contributed by atoms with E-state index >= 15 is 0 Å². The number of allylic oxidation sites excluding steroid dienone is 1. The quantitative estimate of drug-likeness (QED) is 0.184. The summed E-state index contributed by atoms with van der Waals surface area (Å²) in [6, 6.07) is 4.44. The zero-order valence-electron chi connectivity index (χ0n) is 15.9. The number of hydrogen-bond acceptors (Lipinski definition) is 1. The van der Waals surface area contributed by atoms with Gasteiger partial charge < -0.3 is 0 Å². The Balaban J connectivity index is 1.67. The number of rotatable bonds is 18. The molecule has 0 aromatic carbocycles. The normalized spacial score (nSPS) is 11.0. The molecule has 1 heteroatoms. The molecular formula is C23H40S. The summed E-state index contributed by atoms with van der Waals surface area (Å²) in [5.74, 6) is 0. The Morgan fingerprint density at radius 2 is 1.12 bits per heavy atom. The zero-order valence-corrected chi connectivity index (χ0v) is 16.8. The van der Waals surface area contributed by atoms with Crippen molar-refractivity contribution in [3.8, 4) is 0 Å². The lowest BCUT2D eigenvalue weighted by Crippen LogP contribution is -1.84. The molecule has 24 heavy (non-hydrogen) atoms. The summed E-state index contributed by atoms with van der Waals surface area (Å²) in [4.78, 5) is 1.56. The maximum absolute atomic E-state index is 3.78. The SMILES string of the molecule is C=CCCCCCCCCCCCCCCCCCc1cccs1. The second-order valence-electron chi connectivity index (χ2n) is 7.21. The van der Waals surface area contributed by atoms with E-state index in [1.165, 1.54) is 109 Å². The van der Waals surface area contributed by atoms with Crippen LogP contribution in [0.1, 0.15) is 108 Å². The van der Waals surface area contributed by atoms with Gasteiger partial charge in [0, 0.05) is 4.88 Å². The van der Waals surface area contributed by atoms with Crippen LogP contribution in [-0.2, 0) is 6.42 Å². The van der Waals surface area contributed by atoms with Crippen molar-refractivity contribution in [2.45, 2.75) is 109 Å². The molecule has 1 aromatic rings. The van der Waals surface area contributed by atoms with E-state index < -0.39 is 0 Å². The summed E-state index contributed by atoms with van der Waals surface area (Å²) in [6.45, 7) is 3.78. The fraction of sp³-hybridized carbons (Fsp3) is 0.739. The maximum Gasteiger partial charge on any atom is 0.00452 e. The predicted molar refractivity (Wildman–Crippen MR) is 112 cm³/mol. The smallest absolute Gasteiger partial charge is 0.00452 e. The van der Waals surface area contributed by atoms with Crippen LogP contribution in [0.5, 0.6) is 0 Å². The van der Waals surface area contributed by atoms with Crippen LogP contribution in [-0.4, -0.2) is 0 Å². The first-order valence-electron chi connectivity index (χ1n) is 10.6. The van der Waals surface area contributed by atoms with Crippen molar-refractivity contribution >= 4 is 11.3 Å². The van der Waals surface area contributed by atoms with Crippen molar-refractivity contribution in [3.05, 3.63) is 35.0 Å². The van der Waals surface area contributed by atoms with Crippen LogP contribution in [0.3, 0.4) is 0 Å². The Kier molecular flexibility index (Phi) is 15.5. The van der Waals surface area contributed by atoms with Crippen LogP contribution in [0.15, 0.2) is 30.2 Å². The molecular weight excluding hydrogens is 308 g/mol.